The van der Waals surface area contributed by atoms with Crippen molar-refractivity contribution in [2.45, 2.75) is 25.7 Å². The SMILES string of the molecule is CC1(C)CC1(C#N)c1ccccc1F. The third kappa shape index (κ3) is 0.988. The van der Waals surface area contributed by atoms with E-state index in [4.69, 9.17) is 5.26 Å². The lowest BCUT2D eigenvalue weighted by Crippen LogP contribution is -2.13. The van der Waals surface area contributed by atoms with Gasteiger partial charge in [-0.05, 0) is 17.9 Å². The summed E-state index contributed by atoms with van der Waals surface area (Å²) in [5.74, 6) is -0.264. The second kappa shape index (κ2) is 2.57. The van der Waals surface area contributed by atoms with Gasteiger partial charge in [-0.3, -0.25) is 0 Å². The van der Waals surface area contributed by atoms with E-state index < -0.39 is 5.41 Å². The molecule has 1 aliphatic carbocycles. The van der Waals surface area contributed by atoms with Gasteiger partial charge in [0.15, 0.2) is 0 Å². The first kappa shape index (κ1) is 9.21. The third-order valence-corrected chi connectivity index (χ3v) is 3.26. The molecule has 1 unspecified atom stereocenters. The molecule has 0 heterocycles. The normalized spacial score (nSPS) is 28.1. The van der Waals surface area contributed by atoms with E-state index in [1.54, 1.807) is 18.2 Å². The van der Waals surface area contributed by atoms with Gasteiger partial charge in [0.2, 0.25) is 0 Å². The van der Waals surface area contributed by atoms with Crippen LogP contribution in [0.4, 0.5) is 4.39 Å². The zero-order valence-electron chi connectivity index (χ0n) is 8.34. The van der Waals surface area contributed by atoms with Crippen molar-refractivity contribution >= 4 is 0 Å². The van der Waals surface area contributed by atoms with E-state index >= 15 is 0 Å². The summed E-state index contributed by atoms with van der Waals surface area (Å²) < 4.78 is 13.5. The zero-order valence-corrected chi connectivity index (χ0v) is 8.34. The number of hydrogen-bond acceptors (Lipinski definition) is 1. The van der Waals surface area contributed by atoms with Gasteiger partial charge in [0.25, 0.3) is 0 Å². The molecule has 0 aromatic heterocycles. The molecular formula is C12H12FN. The van der Waals surface area contributed by atoms with E-state index in [9.17, 15) is 4.39 Å². The lowest BCUT2D eigenvalue weighted by Gasteiger charge is -2.12. The Kier molecular flexibility index (Phi) is 1.69. The van der Waals surface area contributed by atoms with Gasteiger partial charge in [0.1, 0.15) is 5.82 Å². The number of hydrogen-bond donors (Lipinski definition) is 0. The summed E-state index contributed by atoms with van der Waals surface area (Å²) in [7, 11) is 0. The fourth-order valence-corrected chi connectivity index (χ4v) is 2.14. The molecule has 0 N–H and O–H groups in total. The molecule has 1 saturated carbocycles. The number of benzene rings is 1. The van der Waals surface area contributed by atoms with Crippen molar-refractivity contribution in [3.8, 4) is 6.07 Å². The molecule has 0 saturated heterocycles. The Bertz CT molecular complexity index is 417. The van der Waals surface area contributed by atoms with Crippen LogP contribution in [0.25, 0.3) is 0 Å². The van der Waals surface area contributed by atoms with Crippen LogP contribution in [0.3, 0.4) is 0 Å². The Morgan fingerprint density at radius 3 is 2.36 bits per heavy atom. The molecule has 0 spiro atoms. The molecular weight excluding hydrogens is 177 g/mol. The average molecular weight is 189 g/mol. The van der Waals surface area contributed by atoms with Crippen LogP contribution in [0.1, 0.15) is 25.8 Å². The molecule has 1 aromatic rings. The van der Waals surface area contributed by atoms with E-state index in [2.05, 4.69) is 6.07 Å². The van der Waals surface area contributed by atoms with Crippen LogP contribution in [-0.2, 0) is 5.41 Å². The van der Waals surface area contributed by atoms with Gasteiger partial charge >= 0.3 is 0 Å². The molecule has 1 fully saturated rings. The van der Waals surface area contributed by atoms with E-state index in [1.807, 2.05) is 13.8 Å². The molecule has 1 aromatic carbocycles. The summed E-state index contributed by atoms with van der Waals surface area (Å²) in [6.07, 6.45) is 0.747. The molecule has 0 radical (unpaired) electrons. The van der Waals surface area contributed by atoms with Crippen LogP contribution in [0.2, 0.25) is 0 Å². The molecule has 1 atom stereocenters. The van der Waals surface area contributed by atoms with Gasteiger partial charge in [0, 0.05) is 5.56 Å². The predicted octanol–water partition coefficient (Wildman–Crippen LogP) is 3.02. The van der Waals surface area contributed by atoms with Gasteiger partial charge in [-0.15, -0.1) is 0 Å². The van der Waals surface area contributed by atoms with Gasteiger partial charge in [-0.2, -0.15) is 5.26 Å². The first-order valence-corrected chi connectivity index (χ1v) is 4.70. The Morgan fingerprint density at radius 2 is 1.93 bits per heavy atom. The summed E-state index contributed by atoms with van der Waals surface area (Å²) in [4.78, 5) is 0. The molecule has 72 valence electrons. The predicted molar refractivity (Wildman–Crippen MR) is 52.1 cm³/mol. The van der Waals surface area contributed by atoms with E-state index in [-0.39, 0.29) is 11.2 Å². The molecule has 14 heavy (non-hydrogen) atoms. The second-order valence-electron chi connectivity index (χ2n) is 4.56. The second-order valence-corrected chi connectivity index (χ2v) is 4.56. The maximum Gasteiger partial charge on any atom is 0.128 e. The van der Waals surface area contributed by atoms with Gasteiger partial charge in [-0.1, -0.05) is 32.0 Å². The van der Waals surface area contributed by atoms with E-state index in [0.717, 1.165) is 6.42 Å². The summed E-state index contributed by atoms with van der Waals surface area (Å²) in [5.41, 5.74) is -0.144. The van der Waals surface area contributed by atoms with Crippen molar-refractivity contribution in [1.82, 2.24) is 0 Å². The highest BCUT2D eigenvalue weighted by Crippen LogP contribution is 2.64. The number of halogens is 1. The van der Waals surface area contributed by atoms with Crippen LogP contribution >= 0.6 is 0 Å². The fourth-order valence-electron chi connectivity index (χ4n) is 2.14. The molecule has 0 amide bonds. The highest BCUT2D eigenvalue weighted by Gasteiger charge is 2.63. The van der Waals surface area contributed by atoms with Crippen LogP contribution in [0.15, 0.2) is 24.3 Å². The minimum atomic E-state index is -0.599. The molecule has 0 bridgehead atoms. The summed E-state index contributed by atoms with van der Waals surface area (Å²) >= 11 is 0. The highest BCUT2D eigenvalue weighted by molar-refractivity contribution is 5.45. The lowest BCUT2D eigenvalue weighted by atomic mass is 9.89. The minimum absolute atomic E-state index is 0.0933. The van der Waals surface area contributed by atoms with Crippen molar-refractivity contribution in [2.24, 2.45) is 5.41 Å². The topological polar surface area (TPSA) is 23.8 Å². The number of nitrogens with zero attached hydrogens (tertiary/aromatic N) is 1. The monoisotopic (exact) mass is 189 g/mol. The molecule has 2 heteroatoms. The first-order valence-electron chi connectivity index (χ1n) is 4.70. The lowest BCUT2D eigenvalue weighted by molar-refractivity contribution is 0.535. The van der Waals surface area contributed by atoms with Gasteiger partial charge in [0.05, 0.1) is 11.5 Å². The summed E-state index contributed by atoms with van der Waals surface area (Å²) in [5, 5.41) is 9.15. The quantitative estimate of drug-likeness (QED) is 0.666. The van der Waals surface area contributed by atoms with Gasteiger partial charge < -0.3 is 0 Å². The van der Waals surface area contributed by atoms with Crippen molar-refractivity contribution in [2.75, 3.05) is 0 Å². The van der Waals surface area contributed by atoms with Crippen molar-refractivity contribution in [1.29, 1.82) is 5.26 Å². The molecule has 2 rings (SSSR count). The van der Waals surface area contributed by atoms with E-state index in [0.29, 0.717) is 5.56 Å². The van der Waals surface area contributed by atoms with Crippen LogP contribution in [0, 0.1) is 22.6 Å². The van der Waals surface area contributed by atoms with Crippen molar-refractivity contribution in [3.63, 3.8) is 0 Å². The van der Waals surface area contributed by atoms with Crippen molar-refractivity contribution < 1.29 is 4.39 Å². The Labute approximate surface area is 83.2 Å². The molecule has 0 aliphatic heterocycles. The standard InChI is InChI=1S/C12H12FN/c1-11(2)7-12(11,8-14)9-5-3-4-6-10(9)13/h3-6H,7H2,1-2H3. The average Bonchev–Trinajstić information content (AvgIpc) is 2.70. The minimum Gasteiger partial charge on any atom is -0.207 e. The fraction of sp³-hybridized carbons (Fsp3) is 0.417. The summed E-state index contributed by atoms with van der Waals surface area (Å²) in [6, 6.07) is 8.83. The molecule has 1 nitrogen and oxygen atoms in total. The Morgan fingerprint density at radius 1 is 1.36 bits per heavy atom. The van der Waals surface area contributed by atoms with Crippen molar-refractivity contribution in [3.05, 3.63) is 35.6 Å². The molecule has 1 aliphatic rings. The smallest absolute Gasteiger partial charge is 0.128 e. The number of rotatable bonds is 1. The van der Waals surface area contributed by atoms with E-state index in [1.165, 1.54) is 6.07 Å². The first-order chi connectivity index (χ1) is 6.53. The Balaban J connectivity index is 2.53. The maximum absolute atomic E-state index is 13.5. The van der Waals surface area contributed by atoms with Crippen LogP contribution in [-0.4, -0.2) is 0 Å². The van der Waals surface area contributed by atoms with Crippen LogP contribution in [0.5, 0.6) is 0 Å². The highest BCUT2D eigenvalue weighted by atomic mass is 19.1. The zero-order chi connectivity index (χ0) is 10.4. The maximum atomic E-state index is 13.5. The third-order valence-electron chi connectivity index (χ3n) is 3.26. The number of nitriles is 1. The van der Waals surface area contributed by atoms with Gasteiger partial charge in [-0.25, -0.2) is 4.39 Å². The largest absolute Gasteiger partial charge is 0.207 e. The van der Waals surface area contributed by atoms with Crippen LogP contribution < -0.4 is 0 Å². The Hall–Kier alpha value is -1.36. The summed E-state index contributed by atoms with van der Waals surface area (Å²) in [6.45, 7) is 4.01.